The molecule has 3 aromatic carbocycles. The molecule has 0 spiro atoms. The van der Waals surface area contributed by atoms with Crippen LogP contribution in [0.15, 0.2) is 97.2 Å². The van der Waals surface area contributed by atoms with E-state index in [1.54, 1.807) is 6.20 Å². The molecule has 5 aromatic rings. The maximum atomic E-state index is 12.6. The lowest BCUT2D eigenvalue weighted by atomic mass is 9.93. The lowest BCUT2D eigenvalue weighted by molar-refractivity contribution is 0.0165. The van der Waals surface area contributed by atoms with Crippen LogP contribution in [0.5, 0.6) is 5.88 Å². The number of piperidine rings is 1. The van der Waals surface area contributed by atoms with Gasteiger partial charge in [-0.15, -0.1) is 0 Å². The zero-order valence-electron chi connectivity index (χ0n) is 26.6. The highest BCUT2D eigenvalue weighted by Gasteiger charge is 2.31. The minimum absolute atomic E-state index is 0.236. The Morgan fingerprint density at radius 3 is 2.29 bits per heavy atom. The Kier molecular flexibility index (Phi) is 8.48. The standard InChI is InChI=1S/C37H41N5O3/c1-25-24-42(36(43)45-37(2,3)4)22-20-31(25)39-28-18-19-29-32(23-28)41(5)40-33(29)30-17-12-21-38-35(30)44-34(26-13-8-6-9-14-26)27-15-10-7-11-16-27/h6-19,21,23,25,31,34,39H,20,22,24H2,1-5H3/t25-,31-/m1/s1. The summed E-state index contributed by atoms with van der Waals surface area (Å²) in [4.78, 5) is 19.1. The second-order valence-electron chi connectivity index (χ2n) is 12.8. The van der Waals surface area contributed by atoms with Crippen LogP contribution >= 0.6 is 0 Å². The van der Waals surface area contributed by atoms with E-state index in [-0.39, 0.29) is 24.2 Å². The van der Waals surface area contributed by atoms with Gasteiger partial charge in [0.15, 0.2) is 6.10 Å². The number of carbonyl (C=O) groups excluding carboxylic acids is 1. The lowest BCUT2D eigenvalue weighted by Crippen LogP contribution is -2.48. The van der Waals surface area contributed by atoms with Crippen molar-refractivity contribution in [1.82, 2.24) is 19.7 Å². The highest BCUT2D eigenvalue weighted by atomic mass is 16.6. The Hall–Kier alpha value is -4.85. The molecule has 0 aliphatic carbocycles. The number of hydrogen-bond donors (Lipinski definition) is 1. The SMILES string of the molecule is C[C@@H]1CN(C(=O)OC(C)(C)C)CC[C@H]1Nc1ccc2c(-c3cccnc3OC(c3ccccc3)c3ccccc3)nn(C)c2c1. The number of nitrogens with zero attached hydrogens (tertiary/aromatic N) is 4. The Morgan fingerprint density at radius 2 is 1.64 bits per heavy atom. The normalized spacial score (nSPS) is 17.0. The number of aryl methyl sites for hydroxylation is 1. The number of anilines is 1. The van der Waals surface area contributed by atoms with E-state index in [1.165, 1.54) is 0 Å². The van der Waals surface area contributed by atoms with Crippen molar-refractivity contribution >= 4 is 22.7 Å². The molecule has 1 amide bonds. The fourth-order valence-corrected chi connectivity index (χ4v) is 5.97. The highest BCUT2D eigenvalue weighted by molar-refractivity contribution is 5.96. The van der Waals surface area contributed by atoms with Crippen molar-refractivity contribution in [3.63, 3.8) is 0 Å². The van der Waals surface area contributed by atoms with Crippen molar-refractivity contribution < 1.29 is 14.3 Å². The van der Waals surface area contributed by atoms with Gasteiger partial charge in [0.25, 0.3) is 0 Å². The number of nitrogens with one attached hydrogen (secondary N) is 1. The monoisotopic (exact) mass is 603 g/mol. The summed E-state index contributed by atoms with van der Waals surface area (Å²) in [6, 6.07) is 31.0. The molecule has 8 heteroatoms. The van der Waals surface area contributed by atoms with Gasteiger partial charge in [0.1, 0.15) is 11.3 Å². The number of carbonyl (C=O) groups is 1. The fraction of sp³-hybridized carbons (Fsp3) is 0.324. The zero-order valence-corrected chi connectivity index (χ0v) is 26.6. The number of amides is 1. The van der Waals surface area contributed by atoms with Gasteiger partial charge in [0.2, 0.25) is 5.88 Å². The molecule has 0 radical (unpaired) electrons. The van der Waals surface area contributed by atoms with Crippen LogP contribution < -0.4 is 10.1 Å². The third-order valence-corrected chi connectivity index (χ3v) is 8.22. The summed E-state index contributed by atoms with van der Waals surface area (Å²) in [5.74, 6) is 0.796. The first-order valence-corrected chi connectivity index (χ1v) is 15.6. The molecule has 1 aliphatic rings. The van der Waals surface area contributed by atoms with E-state index in [1.807, 2.05) is 85.9 Å². The summed E-state index contributed by atoms with van der Waals surface area (Å²) < 4.78 is 14.2. The summed E-state index contributed by atoms with van der Waals surface area (Å²) in [6.45, 7) is 9.19. The first-order valence-electron chi connectivity index (χ1n) is 15.6. The van der Waals surface area contributed by atoms with Gasteiger partial charge < -0.3 is 19.7 Å². The van der Waals surface area contributed by atoms with Crippen molar-refractivity contribution in [3.05, 3.63) is 108 Å². The summed E-state index contributed by atoms with van der Waals surface area (Å²) in [7, 11) is 1.96. The predicted molar refractivity (Wildman–Crippen MR) is 178 cm³/mol. The van der Waals surface area contributed by atoms with Crippen LogP contribution in [0.1, 0.15) is 51.3 Å². The minimum Gasteiger partial charge on any atom is -0.464 e. The van der Waals surface area contributed by atoms with Crippen molar-refractivity contribution in [2.24, 2.45) is 13.0 Å². The summed E-state index contributed by atoms with van der Waals surface area (Å²) in [5, 5.41) is 9.69. The van der Waals surface area contributed by atoms with Crippen LogP contribution in [0.3, 0.4) is 0 Å². The van der Waals surface area contributed by atoms with E-state index in [9.17, 15) is 4.79 Å². The molecule has 45 heavy (non-hydrogen) atoms. The third-order valence-electron chi connectivity index (χ3n) is 8.22. The Labute approximate surface area is 265 Å². The first kappa shape index (κ1) is 30.2. The predicted octanol–water partition coefficient (Wildman–Crippen LogP) is 7.86. The van der Waals surface area contributed by atoms with E-state index < -0.39 is 5.60 Å². The largest absolute Gasteiger partial charge is 0.464 e. The highest BCUT2D eigenvalue weighted by Crippen LogP contribution is 2.37. The molecule has 2 aromatic heterocycles. The van der Waals surface area contributed by atoms with E-state index >= 15 is 0 Å². The van der Waals surface area contributed by atoms with E-state index in [0.717, 1.165) is 45.4 Å². The molecule has 0 unspecified atom stereocenters. The number of fused-ring (bicyclic) bond motifs is 1. The number of rotatable bonds is 7. The maximum Gasteiger partial charge on any atom is 0.410 e. The van der Waals surface area contributed by atoms with Crippen LogP contribution in [0.25, 0.3) is 22.2 Å². The van der Waals surface area contributed by atoms with Crippen molar-refractivity contribution in [2.75, 3.05) is 18.4 Å². The Morgan fingerprint density at radius 1 is 0.956 bits per heavy atom. The van der Waals surface area contributed by atoms with Gasteiger partial charge in [-0.1, -0.05) is 67.6 Å². The molecule has 1 fully saturated rings. The number of pyridine rings is 1. The van der Waals surface area contributed by atoms with Gasteiger partial charge in [-0.25, -0.2) is 9.78 Å². The number of ether oxygens (including phenoxy) is 2. The molecule has 1 aliphatic heterocycles. The van der Waals surface area contributed by atoms with Gasteiger partial charge in [-0.2, -0.15) is 5.10 Å². The number of likely N-dealkylation sites (tertiary alicyclic amines) is 1. The quantitative estimate of drug-likeness (QED) is 0.204. The van der Waals surface area contributed by atoms with E-state index in [4.69, 9.17) is 14.6 Å². The first-order chi connectivity index (χ1) is 21.7. The third kappa shape index (κ3) is 6.80. The number of aromatic nitrogens is 3. The molecule has 6 rings (SSSR count). The summed E-state index contributed by atoms with van der Waals surface area (Å²) in [6.07, 6.45) is 2.04. The minimum atomic E-state index is -0.499. The Bertz CT molecular complexity index is 1720. The molecule has 232 valence electrons. The molecule has 3 heterocycles. The van der Waals surface area contributed by atoms with Gasteiger partial charge in [-0.05, 0) is 74.6 Å². The topological polar surface area (TPSA) is 81.5 Å². The number of benzene rings is 3. The van der Waals surface area contributed by atoms with Crippen LogP contribution in [0.4, 0.5) is 10.5 Å². The van der Waals surface area contributed by atoms with Crippen molar-refractivity contribution in [2.45, 2.75) is 51.9 Å². The molecular weight excluding hydrogens is 562 g/mol. The van der Waals surface area contributed by atoms with Gasteiger partial charge in [-0.3, -0.25) is 4.68 Å². The smallest absolute Gasteiger partial charge is 0.410 e. The molecule has 2 atom stereocenters. The van der Waals surface area contributed by atoms with Crippen molar-refractivity contribution in [3.8, 4) is 17.1 Å². The van der Waals surface area contributed by atoms with Crippen LogP contribution in [0, 0.1) is 5.92 Å². The Balaban J connectivity index is 1.24. The summed E-state index contributed by atoms with van der Waals surface area (Å²) >= 11 is 0. The van der Waals surface area contributed by atoms with Crippen LogP contribution in [-0.2, 0) is 11.8 Å². The fourth-order valence-electron chi connectivity index (χ4n) is 5.97. The summed E-state index contributed by atoms with van der Waals surface area (Å²) in [5.41, 5.74) is 5.29. The molecule has 1 N–H and O–H groups in total. The molecule has 0 saturated carbocycles. The maximum absolute atomic E-state index is 12.6. The molecular formula is C37H41N5O3. The van der Waals surface area contributed by atoms with Gasteiger partial charge in [0.05, 0.1) is 11.1 Å². The second kappa shape index (κ2) is 12.6. The number of hydrogen-bond acceptors (Lipinski definition) is 6. The van der Waals surface area contributed by atoms with E-state index in [2.05, 4.69) is 59.7 Å². The lowest BCUT2D eigenvalue weighted by Gasteiger charge is -2.38. The van der Waals surface area contributed by atoms with Crippen molar-refractivity contribution in [1.29, 1.82) is 0 Å². The molecule has 1 saturated heterocycles. The molecule has 0 bridgehead atoms. The van der Waals surface area contributed by atoms with Crippen LogP contribution in [0.2, 0.25) is 0 Å². The van der Waals surface area contributed by atoms with Gasteiger partial charge in [0, 0.05) is 43.4 Å². The zero-order chi connectivity index (χ0) is 31.6. The average Bonchev–Trinajstić information content (AvgIpc) is 3.36. The second-order valence-corrected chi connectivity index (χ2v) is 12.8. The van der Waals surface area contributed by atoms with Crippen LogP contribution in [-0.4, -0.2) is 50.5 Å². The van der Waals surface area contributed by atoms with Gasteiger partial charge >= 0.3 is 6.09 Å². The van der Waals surface area contributed by atoms with E-state index in [0.29, 0.717) is 19.0 Å². The average molecular weight is 604 g/mol. The molecule has 8 nitrogen and oxygen atoms in total.